The van der Waals surface area contributed by atoms with Crippen molar-refractivity contribution in [1.29, 1.82) is 0 Å². The summed E-state index contributed by atoms with van der Waals surface area (Å²) < 4.78 is 7.57. The highest BCUT2D eigenvalue weighted by Gasteiger charge is 2.47. The van der Waals surface area contributed by atoms with Crippen LogP contribution in [0.25, 0.3) is 32.8 Å². The molecule has 1 heterocycles. The number of benzene rings is 5. The SMILES string of the molecule is [C-]#[N+]c1ccc2c(c1)C(CC)(CC)c1c3c(c4ccccc4c1-2)OC(c1ccc(C(C)(C)C)cc1)(c1ccc(C(C)(C)C)cc1)C=C3. The van der Waals surface area contributed by atoms with Crippen LogP contribution in [0, 0.1) is 6.57 Å². The molecule has 0 spiro atoms. The highest BCUT2D eigenvalue weighted by Crippen LogP contribution is 2.60. The molecule has 0 fully saturated rings. The topological polar surface area (TPSA) is 13.6 Å². The van der Waals surface area contributed by atoms with Crippen molar-refractivity contribution in [2.45, 2.75) is 90.1 Å². The lowest BCUT2D eigenvalue weighted by atomic mass is 9.71. The molecule has 236 valence electrons. The summed E-state index contributed by atoms with van der Waals surface area (Å²) in [5.41, 5.74) is 10.9. The van der Waals surface area contributed by atoms with E-state index < -0.39 is 5.60 Å². The highest BCUT2D eigenvalue weighted by atomic mass is 16.5. The molecule has 2 heteroatoms. The molecule has 1 aliphatic carbocycles. The number of hydrogen-bond donors (Lipinski definition) is 0. The molecule has 1 aliphatic heterocycles. The normalized spacial score (nSPS) is 15.8. The second-order valence-electron chi connectivity index (χ2n) is 15.5. The van der Waals surface area contributed by atoms with Crippen LogP contribution in [0.1, 0.15) is 107 Å². The van der Waals surface area contributed by atoms with Crippen molar-refractivity contribution in [2.75, 3.05) is 0 Å². The van der Waals surface area contributed by atoms with Gasteiger partial charge in [0, 0.05) is 27.5 Å². The maximum absolute atomic E-state index is 7.79. The first-order valence-corrected chi connectivity index (χ1v) is 17.1. The van der Waals surface area contributed by atoms with E-state index in [9.17, 15) is 0 Å². The minimum absolute atomic E-state index is 0.0540. The molecule has 0 N–H and O–H groups in total. The first-order chi connectivity index (χ1) is 22.4. The fourth-order valence-electron chi connectivity index (χ4n) is 8.12. The van der Waals surface area contributed by atoms with E-state index in [-0.39, 0.29) is 16.2 Å². The molecule has 5 aromatic carbocycles. The van der Waals surface area contributed by atoms with Crippen LogP contribution >= 0.6 is 0 Å². The van der Waals surface area contributed by atoms with Crippen molar-refractivity contribution in [3.05, 3.63) is 147 Å². The van der Waals surface area contributed by atoms with Crippen molar-refractivity contribution in [3.8, 4) is 16.9 Å². The largest absolute Gasteiger partial charge is 0.472 e. The maximum Gasteiger partial charge on any atom is 0.187 e. The summed E-state index contributed by atoms with van der Waals surface area (Å²) in [6.07, 6.45) is 6.53. The lowest BCUT2D eigenvalue weighted by molar-refractivity contribution is 0.163. The van der Waals surface area contributed by atoms with Crippen LogP contribution in [0.4, 0.5) is 5.69 Å². The summed E-state index contributed by atoms with van der Waals surface area (Å²) in [6, 6.07) is 33.1. The quantitative estimate of drug-likeness (QED) is 0.183. The van der Waals surface area contributed by atoms with E-state index >= 15 is 0 Å². The van der Waals surface area contributed by atoms with E-state index in [1.165, 1.54) is 38.8 Å². The van der Waals surface area contributed by atoms with Gasteiger partial charge in [-0.05, 0) is 68.5 Å². The summed E-state index contributed by atoms with van der Waals surface area (Å²) in [5, 5.41) is 2.33. The van der Waals surface area contributed by atoms with Crippen LogP contribution in [0.3, 0.4) is 0 Å². The van der Waals surface area contributed by atoms with Crippen molar-refractivity contribution < 1.29 is 4.74 Å². The first kappa shape index (κ1) is 31.0. The van der Waals surface area contributed by atoms with E-state index in [2.05, 4.69) is 157 Å². The third kappa shape index (κ3) is 4.58. The molecule has 7 rings (SSSR count). The van der Waals surface area contributed by atoms with E-state index in [1.54, 1.807) is 0 Å². The Morgan fingerprint density at radius 3 is 1.77 bits per heavy atom. The van der Waals surface area contributed by atoms with Gasteiger partial charge in [-0.2, -0.15) is 0 Å². The second-order valence-corrected chi connectivity index (χ2v) is 15.5. The standard InChI is InChI=1S/C45H45NO/c1-10-44(11-2)38-28-33(46-9)24-25-36(38)39-34-14-12-13-15-35(34)41-37(40(39)44)26-27-45(47-41,31-20-16-29(17-21-31)42(3,4)5)32-22-18-30(19-23-32)43(6,7)8/h12-28H,10-11H2,1-8H3. The molecule has 0 saturated carbocycles. The Balaban J connectivity index is 1.52. The van der Waals surface area contributed by atoms with Gasteiger partial charge in [-0.25, -0.2) is 4.85 Å². The fourth-order valence-corrected chi connectivity index (χ4v) is 8.12. The zero-order valence-corrected chi connectivity index (χ0v) is 29.1. The second kappa shape index (κ2) is 10.7. The molecule has 2 aliphatic rings. The first-order valence-electron chi connectivity index (χ1n) is 17.1. The fraction of sp³-hybridized carbons (Fsp3) is 0.311. The number of rotatable bonds is 4. The number of hydrogen-bond acceptors (Lipinski definition) is 1. The molecule has 2 nitrogen and oxygen atoms in total. The Bertz CT molecular complexity index is 2030. The molecule has 0 aromatic heterocycles. The summed E-state index contributed by atoms with van der Waals surface area (Å²) in [5.74, 6) is 0.936. The van der Waals surface area contributed by atoms with Gasteiger partial charge in [-0.3, -0.25) is 0 Å². The van der Waals surface area contributed by atoms with Gasteiger partial charge in [-0.1, -0.05) is 152 Å². The molecule has 47 heavy (non-hydrogen) atoms. The van der Waals surface area contributed by atoms with Gasteiger partial charge in [0.1, 0.15) is 5.75 Å². The van der Waals surface area contributed by atoms with Gasteiger partial charge in [0.05, 0.1) is 6.57 Å². The molecule has 0 saturated heterocycles. The molecule has 0 unspecified atom stereocenters. The minimum atomic E-state index is -0.805. The van der Waals surface area contributed by atoms with Gasteiger partial charge < -0.3 is 4.74 Å². The lowest BCUT2D eigenvalue weighted by Gasteiger charge is -2.39. The van der Waals surface area contributed by atoms with Crippen molar-refractivity contribution in [1.82, 2.24) is 0 Å². The smallest absolute Gasteiger partial charge is 0.187 e. The Morgan fingerprint density at radius 2 is 1.26 bits per heavy atom. The molecule has 0 radical (unpaired) electrons. The third-order valence-electron chi connectivity index (χ3n) is 10.9. The molecule has 0 bridgehead atoms. The Labute approximate surface area is 281 Å². The van der Waals surface area contributed by atoms with Gasteiger partial charge in [0.25, 0.3) is 0 Å². The van der Waals surface area contributed by atoms with Gasteiger partial charge >= 0.3 is 0 Å². The van der Waals surface area contributed by atoms with Crippen LogP contribution in [0.5, 0.6) is 5.75 Å². The summed E-state index contributed by atoms with van der Waals surface area (Å²) in [6.45, 7) is 25.9. The van der Waals surface area contributed by atoms with Crippen molar-refractivity contribution >= 4 is 22.5 Å². The van der Waals surface area contributed by atoms with Crippen LogP contribution in [-0.4, -0.2) is 0 Å². The van der Waals surface area contributed by atoms with Crippen LogP contribution in [0.15, 0.2) is 97.1 Å². The zero-order valence-electron chi connectivity index (χ0n) is 29.1. The molecule has 0 atom stereocenters. The molecular formula is C45H45NO. The third-order valence-corrected chi connectivity index (χ3v) is 10.9. The highest BCUT2D eigenvalue weighted by molar-refractivity contribution is 6.08. The molecular weight excluding hydrogens is 571 g/mol. The number of fused-ring (bicyclic) bond motifs is 8. The van der Waals surface area contributed by atoms with E-state index in [0.29, 0.717) is 5.69 Å². The zero-order chi connectivity index (χ0) is 33.4. The Morgan fingerprint density at radius 1 is 0.702 bits per heavy atom. The molecule has 5 aromatic rings. The van der Waals surface area contributed by atoms with Gasteiger partial charge in [-0.15, -0.1) is 0 Å². The molecule has 0 amide bonds. The van der Waals surface area contributed by atoms with E-state index in [1.807, 2.05) is 6.07 Å². The summed E-state index contributed by atoms with van der Waals surface area (Å²) >= 11 is 0. The van der Waals surface area contributed by atoms with E-state index in [0.717, 1.165) is 40.7 Å². The predicted octanol–water partition coefficient (Wildman–Crippen LogP) is 12.4. The summed E-state index contributed by atoms with van der Waals surface area (Å²) in [4.78, 5) is 3.83. The Kier molecular flexibility index (Phi) is 7.07. The maximum atomic E-state index is 7.79. The van der Waals surface area contributed by atoms with Crippen LogP contribution < -0.4 is 4.74 Å². The number of nitrogens with zero attached hydrogens (tertiary/aromatic N) is 1. The van der Waals surface area contributed by atoms with Crippen molar-refractivity contribution in [2.24, 2.45) is 0 Å². The Hall–Kier alpha value is -4.61. The monoisotopic (exact) mass is 615 g/mol. The minimum Gasteiger partial charge on any atom is -0.472 e. The lowest BCUT2D eigenvalue weighted by Crippen LogP contribution is -2.35. The van der Waals surface area contributed by atoms with Crippen molar-refractivity contribution in [3.63, 3.8) is 0 Å². The van der Waals surface area contributed by atoms with E-state index in [4.69, 9.17) is 11.3 Å². The predicted molar refractivity (Wildman–Crippen MR) is 198 cm³/mol. The summed E-state index contributed by atoms with van der Waals surface area (Å²) in [7, 11) is 0. The van der Waals surface area contributed by atoms with Crippen LogP contribution in [-0.2, 0) is 21.8 Å². The van der Waals surface area contributed by atoms with Crippen LogP contribution in [0.2, 0.25) is 0 Å². The van der Waals surface area contributed by atoms with Gasteiger partial charge in [0.2, 0.25) is 0 Å². The van der Waals surface area contributed by atoms with Gasteiger partial charge in [0.15, 0.2) is 11.3 Å². The number of ether oxygens (including phenoxy) is 1. The average Bonchev–Trinajstić information content (AvgIpc) is 3.37. The average molecular weight is 616 g/mol.